The number of rotatable bonds is 6. The first-order valence-electron chi connectivity index (χ1n) is 11.2. The van der Waals surface area contributed by atoms with Crippen LogP contribution in [0.4, 0.5) is 11.4 Å². The van der Waals surface area contributed by atoms with Crippen LogP contribution in [0.2, 0.25) is 0 Å². The van der Waals surface area contributed by atoms with E-state index in [4.69, 9.17) is 0 Å². The third-order valence-electron chi connectivity index (χ3n) is 6.07. The van der Waals surface area contributed by atoms with E-state index in [2.05, 4.69) is 10.2 Å². The van der Waals surface area contributed by atoms with Gasteiger partial charge in [0.1, 0.15) is 0 Å². The van der Waals surface area contributed by atoms with E-state index in [-0.39, 0.29) is 10.8 Å². The van der Waals surface area contributed by atoms with E-state index in [1.165, 1.54) is 10.4 Å². The molecule has 1 heterocycles. The summed E-state index contributed by atoms with van der Waals surface area (Å²) in [6.07, 6.45) is 0.792. The van der Waals surface area contributed by atoms with Crippen LogP contribution in [0, 0.1) is 6.92 Å². The van der Waals surface area contributed by atoms with Crippen LogP contribution in [0.15, 0.2) is 77.7 Å². The van der Waals surface area contributed by atoms with Gasteiger partial charge in [-0.05, 0) is 54.8 Å². The van der Waals surface area contributed by atoms with E-state index in [1.807, 2.05) is 62.4 Å². The zero-order chi connectivity index (χ0) is 23.4. The molecule has 1 saturated heterocycles. The Morgan fingerprint density at radius 1 is 0.909 bits per heavy atom. The Morgan fingerprint density at radius 2 is 1.61 bits per heavy atom. The van der Waals surface area contributed by atoms with Crippen LogP contribution in [-0.2, 0) is 16.4 Å². The Balaban J connectivity index is 1.50. The molecule has 4 rings (SSSR count). The van der Waals surface area contributed by atoms with Crippen molar-refractivity contribution in [3.63, 3.8) is 0 Å². The fourth-order valence-electron chi connectivity index (χ4n) is 4.16. The second-order valence-corrected chi connectivity index (χ2v) is 10.1. The lowest BCUT2D eigenvalue weighted by molar-refractivity contribution is 0.102. The zero-order valence-electron chi connectivity index (χ0n) is 19.0. The predicted octanol–water partition coefficient (Wildman–Crippen LogP) is 4.32. The van der Waals surface area contributed by atoms with E-state index < -0.39 is 10.0 Å². The van der Waals surface area contributed by atoms with Gasteiger partial charge in [0.2, 0.25) is 10.0 Å². The number of nitrogens with zero attached hydrogens (tertiary/aromatic N) is 2. The van der Waals surface area contributed by atoms with Crippen LogP contribution in [0.5, 0.6) is 0 Å². The Morgan fingerprint density at radius 3 is 2.30 bits per heavy atom. The summed E-state index contributed by atoms with van der Waals surface area (Å²) >= 11 is 0. The molecule has 0 saturated carbocycles. The Hall–Kier alpha value is -3.16. The lowest BCUT2D eigenvalue weighted by Crippen LogP contribution is -2.48. The highest BCUT2D eigenvalue weighted by molar-refractivity contribution is 7.89. The van der Waals surface area contributed by atoms with Gasteiger partial charge >= 0.3 is 0 Å². The van der Waals surface area contributed by atoms with Crippen LogP contribution in [0.25, 0.3) is 0 Å². The molecule has 1 amide bonds. The molecule has 1 aliphatic heterocycles. The van der Waals surface area contributed by atoms with Crippen LogP contribution in [0.1, 0.15) is 28.4 Å². The molecule has 0 unspecified atom stereocenters. The molecular weight excluding hydrogens is 434 g/mol. The Labute approximate surface area is 195 Å². The summed E-state index contributed by atoms with van der Waals surface area (Å²) in [6, 6.07) is 22.2. The highest BCUT2D eigenvalue weighted by atomic mass is 32.2. The van der Waals surface area contributed by atoms with Crippen molar-refractivity contribution in [2.24, 2.45) is 0 Å². The summed E-state index contributed by atoms with van der Waals surface area (Å²) in [6.45, 7) is 6.03. The van der Waals surface area contributed by atoms with Gasteiger partial charge in [-0.15, -0.1) is 0 Å². The zero-order valence-corrected chi connectivity index (χ0v) is 19.8. The molecular formula is C26H29N3O3S. The van der Waals surface area contributed by atoms with Crippen molar-refractivity contribution in [3.05, 3.63) is 89.5 Å². The first-order chi connectivity index (χ1) is 15.9. The molecule has 172 valence electrons. The minimum atomic E-state index is -3.69. The second-order valence-electron chi connectivity index (χ2n) is 8.17. The maximum atomic E-state index is 13.3. The number of hydrogen-bond donors (Lipinski definition) is 1. The predicted molar refractivity (Wildman–Crippen MR) is 132 cm³/mol. The van der Waals surface area contributed by atoms with Crippen molar-refractivity contribution < 1.29 is 13.2 Å². The number of sulfonamides is 1. The highest BCUT2D eigenvalue weighted by Crippen LogP contribution is 2.24. The topological polar surface area (TPSA) is 69.7 Å². The number of anilines is 2. The number of carbonyl (C=O) groups is 1. The molecule has 1 N–H and O–H groups in total. The van der Waals surface area contributed by atoms with Gasteiger partial charge in [0.25, 0.3) is 5.91 Å². The fourth-order valence-corrected chi connectivity index (χ4v) is 5.63. The first-order valence-corrected chi connectivity index (χ1v) is 12.6. The van der Waals surface area contributed by atoms with Crippen molar-refractivity contribution in [2.75, 3.05) is 36.4 Å². The normalized spacial score (nSPS) is 14.8. The quantitative estimate of drug-likeness (QED) is 0.591. The first kappa shape index (κ1) is 23.0. The SMILES string of the molecule is CCc1cccc(C)c1NC(=O)c1cccc(S(=O)(=O)N2CCN(c3ccccc3)CC2)c1. The number of para-hydroxylation sites is 2. The fraction of sp³-hybridized carbons (Fsp3) is 0.269. The molecule has 0 spiro atoms. The number of amides is 1. The maximum Gasteiger partial charge on any atom is 0.255 e. The molecule has 7 heteroatoms. The summed E-state index contributed by atoms with van der Waals surface area (Å²) in [4.78, 5) is 15.3. The molecule has 6 nitrogen and oxygen atoms in total. The monoisotopic (exact) mass is 463 g/mol. The molecule has 1 fully saturated rings. The van der Waals surface area contributed by atoms with Gasteiger partial charge in [-0.25, -0.2) is 8.42 Å². The minimum absolute atomic E-state index is 0.142. The summed E-state index contributed by atoms with van der Waals surface area (Å²) in [5.74, 6) is -0.315. The molecule has 33 heavy (non-hydrogen) atoms. The van der Waals surface area contributed by atoms with E-state index in [9.17, 15) is 13.2 Å². The van der Waals surface area contributed by atoms with Crippen molar-refractivity contribution >= 4 is 27.3 Å². The van der Waals surface area contributed by atoms with Crippen molar-refractivity contribution in [2.45, 2.75) is 25.2 Å². The van der Waals surface area contributed by atoms with E-state index in [0.717, 1.165) is 28.9 Å². The lowest BCUT2D eigenvalue weighted by atomic mass is 10.1. The van der Waals surface area contributed by atoms with Gasteiger partial charge in [-0.3, -0.25) is 4.79 Å². The van der Waals surface area contributed by atoms with Crippen LogP contribution < -0.4 is 10.2 Å². The van der Waals surface area contributed by atoms with E-state index in [0.29, 0.717) is 31.7 Å². The molecule has 1 aliphatic rings. The summed E-state index contributed by atoms with van der Waals surface area (Å²) in [5.41, 5.74) is 4.22. The smallest absolute Gasteiger partial charge is 0.255 e. The number of nitrogens with one attached hydrogen (secondary N) is 1. The van der Waals surface area contributed by atoms with E-state index >= 15 is 0 Å². The minimum Gasteiger partial charge on any atom is -0.369 e. The number of piperazine rings is 1. The highest BCUT2D eigenvalue weighted by Gasteiger charge is 2.29. The van der Waals surface area contributed by atoms with Crippen molar-refractivity contribution in [1.82, 2.24) is 4.31 Å². The molecule has 0 radical (unpaired) electrons. The lowest BCUT2D eigenvalue weighted by Gasteiger charge is -2.35. The van der Waals surface area contributed by atoms with Gasteiger partial charge < -0.3 is 10.2 Å². The third kappa shape index (κ3) is 4.94. The summed E-state index contributed by atoms with van der Waals surface area (Å²) < 4.78 is 28.1. The Kier molecular flexibility index (Phi) is 6.81. The van der Waals surface area contributed by atoms with Crippen LogP contribution in [0.3, 0.4) is 0 Å². The summed E-state index contributed by atoms with van der Waals surface area (Å²) in [7, 11) is -3.69. The van der Waals surface area contributed by atoms with Gasteiger partial charge in [-0.1, -0.05) is 49.4 Å². The third-order valence-corrected chi connectivity index (χ3v) is 7.97. The number of aryl methyl sites for hydroxylation is 2. The van der Waals surface area contributed by atoms with Crippen LogP contribution >= 0.6 is 0 Å². The molecule has 0 atom stereocenters. The van der Waals surface area contributed by atoms with Gasteiger partial charge in [0.15, 0.2) is 0 Å². The van der Waals surface area contributed by atoms with Crippen molar-refractivity contribution in [3.8, 4) is 0 Å². The van der Waals surface area contributed by atoms with Gasteiger partial charge in [0, 0.05) is 43.1 Å². The molecule has 0 bridgehead atoms. The van der Waals surface area contributed by atoms with Crippen LogP contribution in [-0.4, -0.2) is 44.8 Å². The average Bonchev–Trinajstić information content (AvgIpc) is 2.86. The number of hydrogen-bond acceptors (Lipinski definition) is 4. The van der Waals surface area contributed by atoms with E-state index in [1.54, 1.807) is 18.2 Å². The molecule has 3 aromatic rings. The maximum absolute atomic E-state index is 13.3. The van der Waals surface area contributed by atoms with Gasteiger partial charge in [-0.2, -0.15) is 4.31 Å². The number of carbonyl (C=O) groups excluding carboxylic acids is 1. The van der Waals surface area contributed by atoms with Gasteiger partial charge in [0.05, 0.1) is 4.90 Å². The molecule has 0 aliphatic carbocycles. The molecule has 3 aromatic carbocycles. The largest absolute Gasteiger partial charge is 0.369 e. The summed E-state index contributed by atoms with van der Waals surface area (Å²) in [5, 5.41) is 2.97. The molecule has 0 aromatic heterocycles. The standard InChI is InChI=1S/C26H29N3O3S/c1-3-21-10-7-9-20(2)25(21)27-26(30)22-11-8-14-24(19-22)33(31,32)29-17-15-28(16-18-29)23-12-5-4-6-13-23/h4-14,19H,3,15-18H2,1-2H3,(H,27,30). The number of benzene rings is 3. The second kappa shape index (κ2) is 9.77. The van der Waals surface area contributed by atoms with Crippen molar-refractivity contribution in [1.29, 1.82) is 0 Å². The average molecular weight is 464 g/mol. The Bertz CT molecular complexity index is 1230.